The van der Waals surface area contributed by atoms with Crippen LogP contribution in [0.2, 0.25) is 0 Å². The molecule has 104 valence electrons. The summed E-state index contributed by atoms with van der Waals surface area (Å²) in [6.45, 7) is 2.84. The Labute approximate surface area is 107 Å². The average molecular weight is 278 g/mol. The monoisotopic (exact) mass is 278 g/mol. The number of benzene rings is 1. The third-order valence-corrected chi connectivity index (χ3v) is 2.60. The Morgan fingerprint density at radius 1 is 1.00 bits per heavy atom. The van der Waals surface area contributed by atoms with E-state index < -0.39 is 40.7 Å². The molecule has 0 radical (unpaired) electrons. The third-order valence-electron chi connectivity index (χ3n) is 2.60. The van der Waals surface area contributed by atoms with Crippen molar-refractivity contribution in [3.63, 3.8) is 0 Å². The highest BCUT2D eigenvalue weighted by Crippen LogP contribution is 2.30. The molecule has 1 aromatic rings. The first-order chi connectivity index (χ1) is 8.84. The van der Waals surface area contributed by atoms with Gasteiger partial charge in [0.25, 0.3) is 0 Å². The molecule has 1 atom stereocenters. The van der Waals surface area contributed by atoms with E-state index in [1.165, 1.54) is 13.8 Å². The Morgan fingerprint density at radius 3 is 1.79 bits per heavy atom. The van der Waals surface area contributed by atoms with E-state index in [-0.39, 0.29) is 13.1 Å². The highest BCUT2D eigenvalue weighted by Gasteiger charge is 2.29. The van der Waals surface area contributed by atoms with Crippen LogP contribution >= 0.6 is 0 Å². The summed E-state index contributed by atoms with van der Waals surface area (Å²) in [5, 5.41) is 8.65. The summed E-state index contributed by atoms with van der Waals surface area (Å²) in [4.78, 5) is 0.949. The molecule has 19 heavy (non-hydrogen) atoms. The highest BCUT2D eigenvalue weighted by atomic mass is 19.2. The van der Waals surface area contributed by atoms with Gasteiger partial charge >= 0.3 is 0 Å². The van der Waals surface area contributed by atoms with Crippen molar-refractivity contribution < 1.29 is 22.0 Å². The van der Waals surface area contributed by atoms with Gasteiger partial charge in [-0.2, -0.15) is 5.26 Å². The maximum atomic E-state index is 13.5. The van der Waals surface area contributed by atoms with Gasteiger partial charge in [0.15, 0.2) is 23.3 Å². The zero-order chi connectivity index (χ0) is 14.7. The molecule has 0 saturated carbocycles. The summed E-state index contributed by atoms with van der Waals surface area (Å²) in [5.74, 6) is -10.6. The van der Waals surface area contributed by atoms with Gasteiger partial charge in [-0.05, 0) is 13.8 Å². The van der Waals surface area contributed by atoms with E-state index in [2.05, 4.69) is 0 Å². The SMILES string of the molecule is CCN(CC(C)C#N)c1c(F)c(F)c(F)c(F)c1F. The number of nitriles is 1. The standard InChI is InChI=1S/C12H11F5N2/c1-3-19(5-6(2)4-18)12-10(16)8(14)7(13)9(15)11(12)17/h6H,3,5H2,1-2H3. The molecule has 0 spiro atoms. The van der Waals surface area contributed by atoms with Crippen molar-refractivity contribution in [1.82, 2.24) is 0 Å². The summed E-state index contributed by atoms with van der Waals surface area (Å²) >= 11 is 0. The quantitative estimate of drug-likeness (QED) is 0.479. The molecule has 7 heteroatoms. The van der Waals surface area contributed by atoms with Crippen molar-refractivity contribution in [3.05, 3.63) is 29.1 Å². The van der Waals surface area contributed by atoms with Crippen molar-refractivity contribution in [2.45, 2.75) is 13.8 Å². The van der Waals surface area contributed by atoms with Gasteiger partial charge in [-0.1, -0.05) is 0 Å². The van der Waals surface area contributed by atoms with E-state index in [4.69, 9.17) is 5.26 Å². The van der Waals surface area contributed by atoms with Crippen LogP contribution in [0.5, 0.6) is 0 Å². The second-order valence-corrected chi connectivity index (χ2v) is 3.99. The van der Waals surface area contributed by atoms with Gasteiger partial charge in [0, 0.05) is 13.1 Å². The molecule has 0 fully saturated rings. The van der Waals surface area contributed by atoms with Gasteiger partial charge in [-0.25, -0.2) is 22.0 Å². The van der Waals surface area contributed by atoms with E-state index >= 15 is 0 Å². The maximum Gasteiger partial charge on any atom is 0.200 e. The molecular formula is C12H11F5N2. The van der Waals surface area contributed by atoms with Crippen LogP contribution in [0.4, 0.5) is 27.6 Å². The first-order valence-corrected chi connectivity index (χ1v) is 5.51. The van der Waals surface area contributed by atoms with Crippen molar-refractivity contribution in [3.8, 4) is 6.07 Å². The van der Waals surface area contributed by atoms with E-state index in [1.807, 2.05) is 6.07 Å². The van der Waals surface area contributed by atoms with E-state index in [1.54, 1.807) is 0 Å². The zero-order valence-corrected chi connectivity index (χ0v) is 10.3. The molecule has 1 aromatic carbocycles. The van der Waals surface area contributed by atoms with Gasteiger partial charge in [-0.3, -0.25) is 0 Å². The lowest BCUT2D eigenvalue weighted by atomic mass is 10.1. The van der Waals surface area contributed by atoms with Crippen LogP contribution in [0.15, 0.2) is 0 Å². The molecule has 0 N–H and O–H groups in total. The van der Waals surface area contributed by atoms with E-state index in [0.29, 0.717) is 0 Å². The molecular weight excluding hydrogens is 267 g/mol. The highest BCUT2D eigenvalue weighted by molar-refractivity contribution is 5.50. The fourth-order valence-corrected chi connectivity index (χ4v) is 1.62. The lowest BCUT2D eigenvalue weighted by molar-refractivity contribution is 0.377. The Kier molecular flexibility index (Phi) is 4.70. The van der Waals surface area contributed by atoms with Crippen molar-refractivity contribution in [2.75, 3.05) is 18.0 Å². The second kappa shape index (κ2) is 5.87. The molecule has 0 aliphatic heterocycles. The predicted molar refractivity (Wildman–Crippen MR) is 58.9 cm³/mol. The van der Waals surface area contributed by atoms with Gasteiger partial charge < -0.3 is 4.90 Å². The predicted octanol–water partition coefficient (Wildman–Crippen LogP) is 3.37. The lowest BCUT2D eigenvalue weighted by Crippen LogP contribution is -2.30. The van der Waals surface area contributed by atoms with Crippen molar-refractivity contribution in [1.29, 1.82) is 5.26 Å². The Bertz CT molecular complexity index is 495. The number of hydrogen-bond donors (Lipinski definition) is 0. The summed E-state index contributed by atoms with van der Waals surface area (Å²) in [7, 11) is 0. The van der Waals surface area contributed by atoms with Crippen LogP contribution in [0, 0.1) is 46.3 Å². The van der Waals surface area contributed by atoms with Gasteiger partial charge in [0.2, 0.25) is 5.82 Å². The number of hydrogen-bond acceptors (Lipinski definition) is 2. The molecule has 1 unspecified atom stereocenters. The fourth-order valence-electron chi connectivity index (χ4n) is 1.62. The van der Waals surface area contributed by atoms with Gasteiger partial charge in [-0.15, -0.1) is 0 Å². The van der Waals surface area contributed by atoms with E-state index in [0.717, 1.165) is 4.90 Å². The molecule has 0 aromatic heterocycles. The number of halogens is 5. The zero-order valence-electron chi connectivity index (χ0n) is 10.3. The first-order valence-electron chi connectivity index (χ1n) is 5.51. The Hall–Kier alpha value is -1.84. The molecule has 2 nitrogen and oxygen atoms in total. The second-order valence-electron chi connectivity index (χ2n) is 3.99. The first kappa shape index (κ1) is 15.2. The minimum atomic E-state index is -2.19. The average Bonchev–Trinajstić information content (AvgIpc) is 2.41. The minimum absolute atomic E-state index is 0.00434. The van der Waals surface area contributed by atoms with Crippen LogP contribution in [-0.4, -0.2) is 13.1 Å². The van der Waals surface area contributed by atoms with Crippen molar-refractivity contribution in [2.24, 2.45) is 5.92 Å². The summed E-state index contributed by atoms with van der Waals surface area (Å²) in [6, 6.07) is 1.83. The number of anilines is 1. The van der Waals surface area contributed by atoms with Crippen molar-refractivity contribution >= 4 is 5.69 Å². The molecule has 0 aliphatic carbocycles. The number of rotatable bonds is 4. The van der Waals surface area contributed by atoms with Crippen LogP contribution < -0.4 is 4.90 Å². The fraction of sp³-hybridized carbons (Fsp3) is 0.417. The molecule has 0 heterocycles. The lowest BCUT2D eigenvalue weighted by Gasteiger charge is -2.25. The molecule has 0 aliphatic rings. The van der Waals surface area contributed by atoms with Crippen LogP contribution in [0.3, 0.4) is 0 Å². The molecule has 1 rings (SSSR count). The van der Waals surface area contributed by atoms with Gasteiger partial charge in [0.05, 0.1) is 12.0 Å². The maximum absolute atomic E-state index is 13.5. The normalized spacial score (nSPS) is 12.1. The van der Waals surface area contributed by atoms with Crippen LogP contribution in [0.25, 0.3) is 0 Å². The molecule has 0 saturated heterocycles. The van der Waals surface area contributed by atoms with Gasteiger partial charge in [0.1, 0.15) is 5.69 Å². The summed E-state index contributed by atoms with van der Waals surface area (Å²) in [6.07, 6.45) is 0. The minimum Gasteiger partial charge on any atom is -0.366 e. The molecule has 0 amide bonds. The molecule has 0 bridgehead atoms. The Morgan fingerprint density at radius 2 is 1.42 bits per heavy atom. The van der Waals surface area contributed by atoms with Crippen LogP contribution in [0.1, 0.15) is 13.8 Å². The van der Waals surface area contributed by atoms with E-state index in [9.17, 15) is 22.0 Å². The summed E-state index contributed by atoms with van der Waals surface area (Å²) in [5.41, 5.74) is -0.999. The topological polar surface area (TPSA) is 27.0 Å². The Balaban J connectivity index is 3.37. The largest absolute Gasteiger partial charge is 0.366 e. The summed E-state index contributed by atoms with van der Waals surface area (Å²) < 4.78 is 66.1. The third kappa shape index (κ3) is 2.78. The van der Waals surface area contributed by atoms with Crippen LogP contribution in [-0.2, 0) is 0 Å². The number of nitrogens with zero attached hydrogens (tertiary/aromatic N) is 2. The smallest absolute Gasteiger partial charge is 0.200 e.